The van der Waals surface area contributed by atoms with E-state index in [4.69, 9.17) is 5.73 Å². The van der Waals surface area contributed by atoms with Crippen LogP contribution >= 0.6 is 0 Å². The van der Waals surface area contributed by atoms with Gasteiger partial charge in [0.25, 0.3) is 5.69 Å². The van der Waals surface area contributed by atoms with Gasteiger partial charge in [-0.3, -0.25) is 19.7 Å². The van der Waals surface area contributed by atoms with Crippen LogP contribution in [0.15, 0.2) is 30.3 Å². The van der Waals surface area contributed by atoms with E-state index in [0.29, 0.717) is 31.5 Å². The molecule has 1 saturated heterocycles. The lowest BCUT2D eigenvalue weighted by molar-refractivity contribution is -0.384. The van der Waals surface area contributed by atoms with E-state index in [1.165, 1.54) is 18.2 Å². The first-order valence-electron chi connectivity index (χ1n) is 6.98. The molecule has 1 aliphatic rings. The molecule has 1 aliphatic heterocycles. The Balaban J connectivity index is 1.96. The highest BCUT2D eigenvalue weighted by Gasteiger charge is 2.24. The third-order valence-electron chi connectivity index (χ3n) is 3.71. The van der Waals surface area contributed by atoms with Gasteiger partial charge in [0.05, 0.1) is 4.92 Å². The van der Waals surface area contributed by atoms with Crippen molar-refractivity contribution in [1.82, 2.24) is 4.90 Å². The van der Waals surface area contributed by atoms with E-state index in [-0.39, 0.29) is 23.4 Å². The van der Waals surface area contributed by atoms with Gasteiger partial charge in [-0.2, -0.15) is 0 Å². The summed E-state index contributed by atoms with van der Waals surface area (Å²) in [5.74, 6) is -0.654. The molecule has 0 saturated carbocycles. The number of amides is 2. The fourth-order valence-electron chi connectivity index (χ4n) is 2.40. The quantitative estimate of drug-likeness (QED) is 0.514. The molecule has 116 valence electrons. The molecule has 0 aromatic heterocycles. The number of nitrogens with zero attached hydrogens (tertiary/aromatic N) is 2. The minimum absolute atomic E-state index is 0.0168. The molecule has 0 bridgehead atoms. The van der Waals surface area contributed by atoms with Crippen LogP contribution in [0.4, 0.5) is 5.69 Å². The van der Waals surface area contributed by atoms with Crippen molar-refractivity contribution < 1.29 is 14.5 Å². The van der Waals surface area contributed by atoms with E-state index in [1.807, 2.05) is 0 Å². The second-order valence-electron chi connectivity index (χ2n) is 5.19. The SMILES string of the molecule is NC(=O)C1CCN(C(=O)/C=C/c2cccc([N+](=O)[O-])c2)CC1. The predicted octanol–water partition coefficient (Wildman–Crippen LogP) is 1.33. The number of benzene rings is 1. The Bertz CT molecular complexity index is 619. The molecule has 2 N–H and O–H groups in total. The third-order valence-corrected chi connectivity index (χ3v) is 3.71. The number of carbonyl (C=O) groups is 2. The van der Waals surface area contributed by atoms with E-state index in [9.17, 15) is 19.7 Å². The van der Waals surface area contributed by atoms with E-state index >= 15 is 0 Å². The van der Waals surface area contributed by atoms with Crippen molar-refractivity contribution in [2.45, 2.75) is 12.8 Å². The smallest absolute Gasteiger partial charge is 0.270 e. The molecule has 2 rings (SSSR count). The largest absolute Gasteiger partial charge is 0.369 e. The van der Waals surface area contributed by atoms with Crippen molar-refractivity contribution in [2.75, 3.05) is 13.1 Å². The van der Waals surface area contributed by atoms with Gasteiger partial charge in [0, 0.05) is 37.2 Å². The molecule has 7 heteroatoms. The van der Waals surface area contributed by atoms with Crippen molar-refractivity contribution in [3.63, 3.8) is 0 Å². The van der Waals surface area contributed by atoms with Crippen molar-refractivity contribution in [2.24, 2.45) is 11.7 Å². The van der Waals surface area contributed by atoms with Gasteiger partial charge in [0.15, 0.2) is 0 Å². The molecular formula is C15H17N3O4. The maximum atomic E-state index is 12.1. The maximum absolute atomic E-state index is 12.1. The molecular weight excluding hydrogens is 286 g/mol. The van der Waals surface area contributed by atoms with Gasteiger partial charge >= 0.3 is 0 Å². The molecule has 0 unspecified atom stereocenters. The van der Waals surface area contributed by atoms with Gasteiger partial charge in [-0.1, -0.05) is 12.1 Å². The number of carbonyl (C=O) groups excluding carboxylic acids is 2. The predicted molar refractivity (Wildman–Crippen MR) is 80.6 cm³/mol. The summed E-state index contributed by atoms with van der Waals surface area (Å²) in [6.45, 7) is 0.984. The monoisotopic (exact) mass is 303 g/mol. The molecule has 2 amide bonds. The van der Waals surface area contributed by atoms with Crippen LogP contribution in [0.1, 0.15) is 18.4 Å². The summed E-state index contributed by atoms with van der Waals surface area (Å²) in [5, 5.41) is 10.7. The number of hydrogen-bond acceptors (Lipinski definition) is 4. The lowest BCUT2D eigenvalue weighted by Gasteiger charge is -2.29. The first kappa shape index (κ1) is 15.7. The van der Waals surface area contributed by atoms with Crippen LogP contribution < -0.4 is 5.73 Å². The first-order chi connectivity index (χ1) is 10.5. The zero-order chi connectivity index (χ0) is 16.1. The summed E-state index contributed by atoms with van der Waals surface area (Å²) in [7, 11) is 0. The third kappa shape index (κ3) is 3.91. The number of nitro groups is 1. The summed E-state index contributed by atoms with van der Waals surface area (Å²) in [5.41, 5.74) is 5.83. The molecule has 22 heavy (non-hydrogen) atoms. The lowest BCUT2D eigenvalue weighted by Crippen LogP contribution is -2.41. The standard InChI is InChI=1S/C15H17N3O4/c16-15(20)12-6-8-17(9-7-12)14(19)5-4-11-2-1-3-13(10-11)18(21)22/h1-5,10,12H,6-9H2,(H2,16,20)/b5-4+. The molecule has 0 radical (unpaired) electrons. The van der Waals surface area contributed by atoms with E-state index in [2.05, 4.69) is 0 Å². The summed E-state index contributed by atoms with van der Waals surface area (Å²) in [6, 6.07) is 6.06. The van der Waals surface area contributed by atoms with Crippen molar-refractivity contribution in [1.29, 1.82) is 0 Å². The van der Waals surface area contributed by atoms with Crippen LogP contribution in [-0.2, 0) is 9.59 Å². The summed E-state index contributed by atoms with van der Waals surface area (Å²) < 4.78 is 0. The van der Waals surface area contributed by atoms with Gasteiger partial charge in [0.2, 0.25) is 11.8 Å². The van der Waals surface area contributed by atoms with Crippen LogP contribution in [0.3, 0.4) is 0 Å². The number of likely N-dealkylation sites (tertiary alicyclic amines) is 1. The number of nitro benzene ring substituents is 1. The highest BCUT2D eigenvalue weighted by atomic mass is 16.6. The van der Waals surface area contributed by atoms with Crippen LogP contribution in [0.2, 0.25) is 0 Å². The Morgan fingerprint density at radius 2 is 2.00 bits per heavy atom. The fourth-order valence-corrected chi connectivity index (χ4v) is 2.40. The normalized spacial score (nSPS) is 15.9. The Labute approximate surface area is 127 Å². The summed E-state index contributed by atoms with van der Waals surface area (Å²) >= 11 is 0. The molecule has 0 atom stereocenters. The molecule has 7 nitrogen and oxygen atoms in total. The molecule has 0 spiro atoms. The Morgan fingerprint density at radius 3 is 2.59 bits per heavy atom. The Kier molecular flexibility index (Phi) is 4.88. The minimum atomic E-state index is -0.478. The van der Waals surface area contributed by atoms with Crippen LogP contribution in [0.5, 0.6) is 0 Å². The molecule has 1 heterocycles. The summed E-state index contributed by atoms with van der Waals surface area (Å²) in [4.78, 5) is 35.0. The number of non-ortho nitro benzene ring substituents is 1. The minimum Gasteiger partial charge on any atom is -0.369 e. The van der Waals surface area contributed by atoms with Crippen molar-refractivity contribution >= 4 is 23.6 Å². The van der Waals surface area contributed by atoms with E-state index < -0.39 is 4.92 Å². The molecule has 1 aromatic carbocycles. The van der Waals surface area contributed by atoms with Crippen molar-refractivity contribution in [3.8, 4) is 0 Å². The van der Waals surface area contributed by atoms with Crippen LogP contribution in [-0.4, -0.2) is 34.7 Å². The highest BCUT2D eigenvalue weighted by molar-refractivity contribution is 5.92. The number of hydrogen-bond donors (Lipinski definition) is 1. The van der Waals surface area contributed by atoms with Crippen LogP contribution in [0, 0.1) is 16.0 Å². The zero-order valence-electron chi connectivity index (χ0n) is 12.0. The molecule has 1 aromatic rings. The van der Waals surface area contributed by atoms with Crippen LogP contribution in [0.25, 0.3) is 6.08 Å². The Hall–Kier alpha value is -2.70. The van der Waals surface area contributed by atoms with E-state index in [1.54, 1.807) is 23.1 Å². The molecule has 1 fully saturated rings. The fraction of sp³-hybridized carbons (Fsp3) is 0.333. The Morgan fingerprint density at radius 1 is 1.32 bits per heavy atom. The van der Waals surface area contributed by atoms with Gasteiger partial charge in [-0.05, 0) is 24.5 Å². The van der Waals surface area contributed by atoms with Gasteiger partial charge in [-0.15, -0.1) is 0 Å². The lowest BCUT2D eigenvalue weighted by atomic mass is 9.96. The number of nitrogens with two attached hydrogens (primary N) is 1. The average Bonchev–Trinajstić information content (AvgIpc) is 2.53. The van der Waals surface area contributed by atoms with Gasteiger partial charge in [-0.25, -0.2) is 0 Å². The molecule has 0 aliphatic carbocycles. The first-order valence-corrected chi connectivity index (χ1v) is 6.98. The number of rotatable bonds is 4. The van der Waals surface area contributed by atoms with Gasteiger partial charge in [0.1, 0.15) is 0 Å². The maximum Gasteiger partial charge on any atom is 0.270 e. The highest BCUT2D eigenvalue weighted by Crippen LogP contribution is 2.18. The van der Waals surface area contributed by atoms with Crippen molar-refractivity contribution in [3.05, 3.63) is 46.0 Å². The number of primary amides is 1. The average molecular weight is 303 g/mol. The summed E-state index contributed by atoms with van der Waals surface area (Å²) in [6.07, 6.45) is 4.09. The van der Waals surface area contributed by atoms with Gasteiger partial charge < -0.3 is 10.6 Å². The second-order valence-corrected chi connectivity index (χ2v) is 5.19. The zero-order valence-corrected chi connectivity index (χ0v) is 12.0. The number of piperidine rings is 1. The topological polar surface area (TPSA) is 107 Å². The second kappa shape index (κ2) is 6.84. The van der Waals surface area contributed by atoms with E-state index in [0.717, 1.165) is 0 Å².